The van der Waals surface area contributed by atoms with E-state index in [9.17, 15) is 9.59 Å². The van der Waals surface area contributed by atoms with Crippen molar-refractivity contribution >= 4 is 11.9 Å². The number of hydrogen-bond donors (Lipinski definition) is 2. The summed E-state index contributed by atoms with van der Waals surface area (Å²) in [4.78, 5) is 23.2. The summed E-state index contributed by atoms with van der Waals surface area (Å²) in [5.74, 6) is -0.337. The quantitative estimate of drug-likeness (QED) is 0.766. The fraction of sp³-hybridized carbons (Fsp3) is 0.429. The molecular weight excluding hydrogens is 262 g/mol. The normalized spacial score (nSPS) is 13.2. The molecule has 2 atom stereocenters. The average Bonchev–Trinajstić information content (AvgIpc) is 2.41. The Kier molecular flexibility index (Phi) is 5.83. The second kappa shape index (κ2) is 7.37. The van der Waals surface area contributed by atoms with Gasteiger partial charge in [-0.3, -0.25) is 4.79 Å². The Balaban J connectivity index is 2.50. The van der Waals surface area contributed by atoms with Gasteiger partial charge in [-0.1, -0.05) is 0 Å². The highest BCUT2D eigenvalue weighted by molar-refractivity contribution is 5.86. The van der Waals surface area contributed by atoms with Crippen molar-refractivity contribution in [3.8, 4) is 11.5 Å². The standard InChI is InChI=1S/C14H19NO5/c1-4-19-14(18)9(2)15-13(17)10(3)20-12-7-5-11(16)6-8-12/h5-10,16H,4H2,1-3H3,(H,15,17). The van der Waals surface area contributed by atoms with E-state index < -0.39 is 24.0 Å². The van der Waals surface area contributed by atoms with Gasteiger partial charge in [-0.25, -0.2) is 4.79 Å². The van der Waals surface area contributed by atoms with E-state index in [-0.39, 0.29) is 12.4 Å². The lowest BCUT2D eigenvalue weighted by atomic mass is 10.3. The minimum Gasteiger partial charge on any atom is -0.508 e. The molecule has 1 aromatic rings. The van der Waals surface area contributed by atoms with Crippen LogP contribution in [0.15, 0.2) is 24.3 Å². The third kappa shape index (κ3) is 4.79. The number of aromatic hydroxyl groups is 1. The number of hydrogen-bond acceptors (Lipinski definition) is 5. The lowest BCUT2D eigenvalue weighted by Crippen LogP contribution is -2.45. The van der Waals surface area contributed by atoms with Crippen molar-refractivity contribution in [1.29, 1.82) is 0 Å². The summed E-state index contributed by atoms with van der Waals surface area (Å²) in [6.07, 6.45) is -0.767. The zero-order valence-electron chi connectivity index (χ0n) is 11.8. The molecule has 0 aliphatic heterocycles. The molecule has 0 spiro atoms. The molecule has 0 aliphatic carbocycles. The molecule has 0 bridgehead atoms. The number of amides is 1. The van der Waals surface area contributed by atoms with Crippen LogP contribution in [0.3, 0.4) is 0 Å². The Morgan fingerprint density at radius 3 is 2.40 bits per heavy atom. The summed E-state index contributed by atoms with van der Waals surface area (Å²) in [5, 5.41) is 11.7. The number of benzene rings is 1. The number of rotatable bonds is 6. The van der Waals surface area contributed by atoms with Crippen molar-refractivity contribution in [2.24, 2.45) is 0 Å². The molecule has 0 aromatic heterocycles. The van der Waals surface area contributed by atoms with Gasteiger partial charge < -0.3 is 19.9 Å². The third-order valence-electron chi connectivity index (χ3n) is 2.52. The van der Waals surface area contributed by atoms with Crippen LogP contribution in [-0.2, 0) is 14.3 Å². The van der Waals surface area contributed by atoms with Gasteiger partial charge in [0, 0.05) is 0 Å². The summed E-state index contributed by atoms with van der Waals surface area (Å²) in [6, 6.07) is 5.29. The average molecular weight is 281 g/mol. The summed E-state index contributed by atoms with van der Waals surface area (Å²) >= 11 is 0. The first kappa shape index (κ1) is 15.8. The Morgan fingerprint density at radius 2 is 1.85 bits per heavy atom. The van der Waals surface area contributed by atoms with Gasteiger partial charge >= 0.3 is 5.97 Å². The highest BCUT2D eigenvalue weighted by atomic mass is 16.5. The number of phenolic OH excluding ortho intramolecular Hbond substituents is 1. The Bertz CT molecular complexity index is 457. The molecule has 0 fully saturated rings. The van der Waals surface area contributed by atoms with Crippen LogP contribution >= 0.6 is 0 Å². The number of ether oxygens (including phenoxy) is 2. The lowest BCUT2D eigenvalue weighted by Gasteiger charge is -2.17. The Labute approximate surface area is 117 Å². The van der Waals surface area contributed by atoms with E-state index in [1.807, 2.05) is 0 Å². The van der Waals surface area contributed by atoms with Crippen LogP contribution in [0, 0.1) is 0 Å². The fourth-order valence-corrected chi connectivity index (χ4v) is 1.44. The van der Waals surface area contributed by atoms with E-state index in [1.165, 1.54) is 12.1 Å². The van der Waals surface area contributed by atoms with E-state index in [1.54, 1.807) is 32.9 Å². The second-order valence-electron chi connectivity index (χ2n) is 4.24. The zero-order chi connectivity index (χ0) is 15.1. The molecule has 0 heterocycles. The van der Waals surface area contributed by atoms with Gasteiger partial charge in [0.05, 0.1) is 6.61 Å². The molecule has 110 valence electrons. The molecule has 2 unspecified atom stereocenters. The lowest BCUT2D eigenvalue weighted by molar-refractivity contribution is -0.147. The van der Waals surface area contributed by atoms with Crippen molar-refractivity contribution in [2.45, 2.75) is 32.9 Å². The highest BCUT2D eigenvalue weighted by Crippen LogP contribution is 2.17. The van der Waals surface area contributed by atoms with Gasteiger partial charge in [0.25, 0.3) is 5.91 Å². The van der Waals surface area contributed by atoms with Crippen LogP contribution in [0.1, 0.15) is 20.8 Å². The molecular formula is C14H19NO5. The van der Waals surface area contributed by atoms with Gasteiger partial charge in [-0.2, -0.15) is 0 Å². The molecule has 1 rings (SSSR count). The van der Waals surface area contributed by atoms with Gasteiger partial charge in [-0.05, 0) is 45.0 Å². The molecule has 0 radical (unpaired) electrons. The molecule has 6 nitrogen and oxygen atoms in total. The summed E-state index contributed by atoms with van der Waals surface area (Å²) in [5.41, 5.74) is 0. The fourth-order valence-electron chi connectivity index (χ4n) is 1.44. The second-order valence-corrected chi connectivity index (χ2v) is 4.24. The van der Waals surface area contributed by atoms with Crippen molar-refractivity contribution < 1.29 is 24.2 Å². The minimum absolute atomic E-state index is 0.116. The highest BCUT2D eigenvalue weighted by Gasteiger charge is 2.21. The topological polar surface area (TPSA) is 84.9 Å². The first-order valence-corrected chi connectivity index (χ1v) is 6.36. The maximum atomic E-state index is 11.8. The number of phenols is 1. The van der Waals surface area contributed by atoms with E-state index in [2.05, 4.69) is 5.32 Å². The van der Waals surface area contributed by atoms with Crippen LogP contribution in [0.4, 0.5) is 0 Å². The first-order valence-electron chi connectivity index (χ1n) is 6.36. The number of carbonyl (C=O) groups is 2. The zero-order valence-corrected chi connectivity index (χ0v) is 11.8. The van der Waals surface area contributed by atoms with Crippen molar-refractivity contribution in [2.75, 3.05) is 6.61 Å². The molecule has 0 saturated heterocycles. The summed E-state index contributed by atoms with van der Waals surface area (Å²) < 4.78 is 10.2. The maximum Gasteiger partial charge on any atom is 0.328 e. The number of nitrogens with one attached hydrogen (secondary N) is 1. The van der Waals surface area contributed by atoms with Crippen molar-refractivity contribution in [3.05, 3.63) is 24.3 Å². The monoisotopic (exact) mass is 281 g/mol. The molecule has 0 saturated carbocycles. The Hall–Kier alpha value is -2.24. The van der Waals surface area contributed by atoms with Crippen molar-refractivity contribution in [3.63, 3.8) is 0 Å². The molecule has 0 aliphatic rings. The molecule has 6 heteroatoms. The molecule has 1 amide bonds. The van der Waals surface area contributed by atoms with Crippen LogP contribution in [0.5, 0.6) is 11.5 Å². The molecule has 2 N–H and O–H groups in total. The van der Waals surface area contributed by atoms with Crippen LogP contribution in [0.25, 0.3) is 0 Å². The van der Waals surface area contributed by atoms with Crippen molar-refractivity contribution in [1.82, 2.24) is 5.32 Å². The van der Waals surface area contributed by atoms with E-state index >= 15 is 0 Å². The molecule has 1 aromatic carbocycles. The predicted octanol–water partition coefficient (Wildman–Crippen LogP) is 1.23. The van der Waals surface area contributed by atoms with Crippen LogP contribution < -0.4 is 10.1 Å². The van der Waals surface area contributed by atoms with Gasteiger partial charge in [0.2, 0.25) is 0 Å². The summed E-state index contributed by atoms with van der Waals surface area (Å²) in [6.45, 7) is 5.07. The van der Waals surface area contributed by atoms with Crippen LogP contribution in [0.2, 0.25) is 0 Å². The van der Waals surface area contributed by atoms with Gasteiger partial charge in [-0.15, -0.1) is 0 Å². The number of esters is 1. The Morgan fingerprint density at radius 1 is 1.25 bits per heavy atom. The first-order chi connectivity index (χ1) is 9.43. The number of carbonyl (C=O) groups excluding carboxylic acids is 2. The van der Waals surface area contributed by atoms with E-state index in [4.69, 9.17) is 14.6 Å². The van der Waals surface area contributed by atoms with Gasteiger partial charge in [0.1, 0.15) is 17.5 Å². The predicted molar refractivity (Wildman–Crippen MR) is 72.4 cm³/mol. The molecule has 20 heavy (non-hydrogen) atoms. The minimum atomic E-state index is -0.767. The SMILES string of the molecule is CCOC(=O)C(C)NC(=O)C(C)Oc1ccc(O)cc1. The van der Waals surface area contributed by atoms with Gasteiger partial charge in [0.15, 0.2) is 6.10 Å². The van der Waals surface area contributed by atoms with E-state index in [0.29, 0.717) is 5.75 Å². The van der Waals surface area contributed by atoms with E-state index in [0.717, 1.165) is 0 Å². The largest absolute Gasteiger partial charge is 0.508 e. The smallest absolute Gasteiger partial charge is 0.328 e. The maximum absolute atomic E-state index is 11.8. The van der Waals surface area contributed by atoms with Crippen LogP contribution in [-0.4, -0.2) is 35.7 Å². The summed E-state index contributed by atoms with van der Waals surface area (Å²) in [7, 11) is 0. The third-order valence-corrected chi connectivity index (χ3v) is 2.52.